The number of hydrogen-bond acceptors (Lipinski definition) is 5. The van der Waals surface area contributed by atoms with Gasteiger partial charge in [0.05, 0.1) is 16.3 Å². The van der Waals surface area contributed by atoms with Crippen LogP contribution in [0.3, 0.4) is 0 Å². The van der Waals surface area contributed by atoms with Crippen LogP contribution in [0.5, 0.6) is 0 Å². The Hall–Kier alpha value is -2.57. The number of carbonyl (C=O) groups excluding carboxylic acids is 1. The summed E-state index contributed by atoms with van der Waals surface area (Å²) in [6.07, 6.45) is 18.2. The van der Waals surface area contributed by atoms with Gasteiger partial charge >= 0.3 is 0 Å². The molecule has 0 aliphatic rings. The third-order valence-electron chi connectivity index (χ3n) is 3.81. The molecule has 0 amide bonds. The van der Waals surface area contributed by atoms with Crippen molar-refractivity contribution in [2.24, 2.45) is 0 Å². The molecule has 7 heteroatoms. The van der Waals surface area contributed by atoms with Gasteiger partial charge in [0.25, 0.3) is 0 Å². The lowest BCUT2D eigenvalue weighted by Gasteiger charge is -1.99. The van der Waals surface area contributed by atoms with E-state index in [1.165, 1.54) is 0 Å². The molecule has 0 unspecified atom stereocenters. The number of hydrogen-bond donors (Lipinski definition) is 0. The maximum Gasteiger partial charge on any atom is 0.246 e. The smallest absolute Gasteiger partial charge is 0.246 e. The Kier molecular flexibility index (Phi) is 15.3. The SMILES string of the molecule is CC/C=C/C/C(=C/C/C=C/C/C=C(/CCCCCC[C]=O)[N+](=O)[O-])[N+](=O)[O-]. The lowest BCUT2D eigenvalue weighted by Crippen LogP contribution is -1.98. The molecule has 149 valence electrons. The first kappa shape index (κ1) is 24.4. The Bertz CT molecular complexity index is 577. The molecule has 0 bridgehead atoms. The summed E-state index contributed by atoms with van der Waals surface area (Å²) in [6, 6.07) is 0. The van der Waals surface area contributed by atoms with Crippen molar-refractivity contribution in [1.82, 2.24) is 0 Å². The van der Waals surface area contributed by atoms with Crippen LogP contribution in [0.2, 0.25) is 0 Å². The van der Waals surface area contributed by atoms with Crippen LogP contribution in [-0.4, -0.2) is 16.1 Å². The molecule has 0 rings (SSSR count). The van der Waals surface area contributed by atoms with Crippen LogP contribution in [-0.2, 0) is 4.79 Å². The average molecular weight is 377 g/mol. The molecule has 0 saturated carbocycles. The van der Waals surface area contributed by atoms with Crippen LogP contribution < -0.4 is 0 Å². The van der Waals surface area contributed by atoms with E-state index in [2.05, 4.69) is 0 Å². The molecular weight excluding hydrogens is 348 g/mol. The Morgan fingerprint density at radius 3 is 2.00 bits per heavy atom. The fourth-order valence-electron chi connectivity index (χ4n) is 2.33. The minimum absolute atomic E-state index is 0.151. The average Bonchev–Trinajstić information content (AvgIpc) is 2.63. The van der Waals surface area contributed by atoms with Crippen molar-refractivity contribution in [3.8, 4) is 0 Å². The molecule has 0 fully saturated rings. The molecule has 0 aromatic heterocycles. The summed E-state index contributed by atoms with van der Waals surface area (Å²) in [5, 5.41) is 22.0. The Balaban J connectivity index is 4.35. The Morgan fingerprint density at radius 2 is 1.44 bits per heavy atom. The van der Waals surface area contributed by atoms with Crippen LogP contribution in [0, 0.1) is 20.2 Å². The molecule has 0 aromatic carbocycles. The van der Waals surface area contributed by atoms with Gasteiger partial charge in [0.1, 0.15) is 0 Å². The van der Waals surface area contributed by atoms with Gasteiger partial charge < -0.3 is 0 Å². The minimum atomic E-state index is -0.383. The highest BCUT2D eigenvalue weighted by Gasteiger charge is 2.09. The molecule has 27 heavy (non-hydrogen) atoms. The molecule has 0 heterocycles. The molecule has 0 N–H and O–H groups in total. The highest BCUT2D eigenvalue weighted by molar-refractivity contribution is 5.50. The maximum absolute atomic E-state index is 11.0. The molecule has 0 aromatic rings. The van der Waals surface area contributed by atoms with Crippen molar-refractivity contribution in [2.75, 3.05) is 0 Å². The van der Waals surface area contributed by atoms with Gasteiger partial charge in [0.15, 0.2) is 6.29 Å². The van der Waals surface area contributed by atoms with Crippen molar-refractivity contribution in [3.05, 3.63) is 68.1 Å². The topological polar surface area (TPSA) is 103 Å². The molecule has 0 aliphatic heterocycles. The van der Waals surface area contributed by atoms with Crippen molar-refractivity contribution in [2.45, 2.75) is 71.1 Å². The summed E-state index contributed by atoms with van der Waals surface area (Å²) in [5.74, 6) is 0. The first-order valence-electron chi connectivity index (χ1n) is 9.34. The fraction of sp³-hybridized carbons (Fsp3) is 0.550. The van der Waals surface area contributed by atoms with Gasteiger partial charge in [-0.25, -0.2) is 0 Å². The second-order valence-corrected chi connectivity index (χ2v) is 5.99. The van der Waals surface area contributed by atoms with E-state index in [0.29, 0.717) is 32.1 Å². The van der Waals surface area contributed by atoms with E-state index < -0.39 is 0 Å². The Labute approximate surface area is 160 Å². The molecule has 0 atom stereocenters. The van der Waals surface area contributed by atoms with Gasteiger partial charge in [-0.1, -0.05) is 44.1 Å². The van der Waals surface area contributed by atoms with Crippen LogP contribution >= 0.6 is 0 Å². The number of unbranched alkanes of at least 4 members (excludes halogenated alkanes) is 4. The number of nitrogens with zero attached hydrogens (tertiary/aromatic N) is 2. The summed E-state index contributed by atoms with van der Waals surface area (Å²) in [7, 11) is 0. The minimum Gasteiger partial charge on any atom is -0.291 e. The third kappa shape index (κ3) is 14.3. The van der Waals surface area contributed by atoms with E-state index in [-0.39, 0.29) is 21.2 Å². The first-order valence-corrected chi connectivity index (χ1v) is 9.34. The number of nitro groups is 2. The van der Waals surface area contributed by atoms with Crippen molar-refractivity contribution >= 4 is 6.29 Å². The van der Waals surface area contributed by atoms with Crippen LogP contribution in [0.15, 0.2) is 47.9 Å². The number of allylic oxidation sites excluding steroid dienone is 7. The lowest BCUT2D eigenvalue weighted by atomic mass is 10.1. The summed E-state index contributed by atoms with van der Waals surface area (Å²) in [4.78, 5) is 31.3. The first-order chi connectivity index (χ1) is 13.0. The normalized spacial score (nSPS) is 12.8. The third-order valence-corrected chi connectivity index (χ3v) is 3.81. The monoisotopic (exact) mass is 377 g/mol. The van der Waals surface area contributed by atoms with E-state index in [0.717, 1.165) is 32.1 Å². The van der Waals surface area contributed by atoms with Gasteiger partial charge in [0, 0.05) is 12.8 Å². The van der Waals surface area contributed by atoms with Gasteiger partial charge in [-0.15, -0.1) is 0 Å². The fourth-order valence-corrected chi connectivity index (χ4v) is 2.33. The van der Waals surface area contributed by atoms with Gasteiger partial charge in [-0.3, -0.25) is 25.0 Å². The second kappa shape index (κ2) is 16.9. The zero-order valence-electron chi connectivity index (χ0n) is 16.0. The zero-order valence-corrected chi connectivity index (χ0v) is 16.0. The number of rotatable bonds is 16. The van der Waals surface area contributed by atoms with Crippen LogP contribution in [0.1, 0.15) is 71.1 Å². The Morgan fingerprint density at radius 1 is 0.852 bits per heavy atom. The molecule has 0 saturated heterocycles. The predicted molar refractivity (Wildman–Crippen MR) is 106 cm³/mol. The lowest BCUT2D eigenvalue weighted by molar-refractivity contribution is -0.428. The molecule has 0 spiro atoms. The molecule has 1 radical (unpaired) electrons. The van der Waals surface area contributed by atoms with E-state index in [9.17, 15) is 25.0 Å². The summed E-state index contributed by atoms with van der Waals surface area (Å²) >= 11 is 0. The predicted octanol–water partition coefficient (Wildman–Crippen LogP) is 5.45. The van der Waals surface area contributed by atoms with Crippen LogP contribution in [0.25, 0.3) is 0 Å². The maximum atomic E-state index is 11.0. The molecule has 0 aliphatic carbocycles. The van der Waals surface area contributed by atoms with E-state index >= 15 is 0 Å². The summed E-state index contributed by atoms with van der Waals surface area (Å²) in [6.45, 7) is 1.97. The highest BCUT2D eigenvalue weighted by Crippen LogP contribution is 2.12. The summed E-state index contributed by atoms with van der Waals surface area (Å²) < 4.78 is 0. The van der Waals surface area contributed by atoms with Crippen molar-refractivity contribution in [1.29, 1.82) is 0 Å². The van der Waals surface area contributed by atoms with Crippen molar-refractivity contribution < 1.29 is 14.6 Å². The van der Waals surface area contributed by atoms with Gasteiger partial charge in [-0.05, 0) is 44.3 Å². The van der Waals surface area contributed by atoms with E-state index in [1.807, 2.05) is 19.3 Å². The van der Waals surface area contributed by atoms with Gasteiger partial charge in [-0.2, -0.15) is 0 Å². The molecular formula is C20H29N2O5. The molecule has 7 nitrogen and oxygen atoms in total. The summed E-state index contributed by atoms with van der Waals surface area (Å²) in [5.41, 5.74) is 0.339. The standard InChI is InChI=1S/C20H29N2O5/c1-2-3-9-14-19(21(24)25)16-11-6-7-12-17-20(22(26)27)15-10-5-4-8-13-18-23/h3,6-7,9,16-17H,2,4-5,8,10-15H2,1H3/b7-6+,9-3+,19-16-,20-17-. The van der Waals surface area contributed by atoms with Gasteiger partial charge in [0.2, 0.25) is 11.4 Å². The van der Waals surface area contributed by atoms with E-state index in [4.69, 9.17) is 0 Å². The van der Waals surface area contributed by atoms with Crippen molar-refractivity contribution in [3.63, 3.8) is 0 Å². The quantitative estimate of drug-likeness (QED) is 0.154. The largest absolute Gasteiger partial charge is 0.291 e. The zero-order chi connectivity index (χ0) is 20.3. The van der Waals surface area contributed by atoms with Crippen LogP contribution in [0.4, 0.5) is 0 Å². The highest BCUT2D eigenvalue weighted by atomic mass is 16.6. The second-order valence-electron chi connectivity index (χ2n) is 5.99. The van der Waals surface area contributed by atoms with E-state index in [1.54, 1.807) is 30.4 Å².